The molecule has 1 aromatic carbocycles. The monoisotopic (exact) mass is 162 g/mol. The van der Waals surface area contributed by atoms with Crippen molar-refractivity contribution >= 4 is 5.69 Å². The highest BCUT2D eigenvalue weighted by Gasteiger charge is 2.14. The van der Waals surface area contributed by atoms with E-state index in [4.69, 9.17) is 0 Å². The van der Waals surface area contributed by atoms with Gasteiger partial charge in [-0.15, -0.1) is 0 Å². The molecule has 0 spiro atoms. The van der Waals surface area contributed by atoms with Crippen LogP contribution in [-0.4, -0.2) is 18.2 Å². The summed E-state index contributed by atoms with van der Waals surface area (Å²) in [6, 6.07) is 8.41. The highest BCUT2D eigenvalue weighted by atomic mass is 16.3. The molecule has 1 saturated heterocycles. The van der Waals surface area contributed by atoms with E-state index >= 15 is 0 Å². The lowest BCUT2D eigenvalue weighted by atomic mass is 10.3. The fourth-order valence-corrected chi connectivity index (χ4v) is 1.61. The summed E-state index contributed by atoms with van der Waals surface area (Å²) in [5, 5.41) is 9.50. The van der Waals surface area contributed by atoms with Crippen molar-refractivity contribution in [2.75, 3.05) is 18.0 Å². The van der Waals surface area contributed by atoms with Crippen molar-refractivity contribution in [3.63, 3.8) is 0 Å². The van der Waals surface area contributed by atoms with Gasteiger partial charge < -0.3 is 10.0 Å². The SMILES string of the molecule is Oc1ccc[c]c1N1CCCC1. The van der Waals surface area contributed by atoms with Gasteiger partial charge >= 0.3 is 0 Å². The molecule has 1 radical (unpaired) electrons. The molecule has 1 heterocycles. The Hall–Kier alpha value is -1.18. The Balaban J connectivity index is 2.26. The van der Waals surface area contributed by atoms with Crippen LogP contribution in [0.3, 0.4) is 0 Å². The van der Waals surface area contributed by atoms with Gasteiger partial charge in [0, 0.05) is 19.2 Å². The van der Waals surface area contributed by atoms with Gasteiger partial charge in [-0.2, -0.15) is 0 Å². The molecule has 0 amide bonds. The van der Waals surface area contributed by atoms with Crippen molar-refractivity contribution in [2.24, 2.45) is 0 Å². The maximum absolute atomic E-state index is 9.50. The molecule has 1 fully saturated rings. The molecule has 0 aromatic heterocycles. The first-order valence-electron chi connectivity index (χ1n) is 4.32. The van der Waals surface area contributed by atoms with E-state index in [0.717, 1.165) is 18.8 Å². The van der Waals surface area contributed by atoms with E-state index in [1.165, 1.54) is 12.8 Å². The van der Waals surface area contributed by atoms with Crippen LogP contribution < -0.4 is 4.90 Å². The Bertz CT molecular complexity index is 266. The first-order valence-corrected chi connectivity index (χ1v) is 4.32. The zero-order valence-corrected chi connectivity index (χ0v) is 6.95. The lowest BCUT2D eigenvalue weighted by molar-refractivity contribution is 0.475. The van der Waals surface area contributed by atoms with E-state index in [1.54, 1.807) is 12.1 Å². The van der Waals surface area contributed by atoms with Crippen molar-refractivity contribution < 1.29 is 5.11 Å². The summed E-state index contributed by atoms with van der Waals surface area (Å²) < 4.78 is 0. The van der Waals surface area contributed by atoms with Crippen LogP contribution in [-0.2, 0) is 0 Å². The molecule has 63 valence electrons. The number of phenols is 1. The average Bonchev–Trinajstić information content (AvgIpc) is 2.57. The van der Waals surface area contributed by atoms with Gasteiger partial charge in [-0.1, -0.05) is 12.1 Å². The highest BCUT2D eigenvalue weighted by molar-refractivity contribution is 5.57. The molecule has 1 aliphatic heterocycles. The number of para-hydroxylation sites is 1. The number of nitrogens with zero attached hydrogens (tertiary/aromatic N) is 1. The molecule has 0 unspecified atom stereocenters. The van der Waals surface area contributed by atoms with E-state index in [-0.39, 0.29) is 0 Å². The molecule has 12 heavy (non-hydrogen) atoms. The van der Waals surface area contributed by atoms with Crippen LogP contribution in [0.15, 0.2) is 18.2 Å². The molecule has 2 nitrogen and oxygen atoms in total. The minimum Gasteiger partial charge on any atom is -0.506 e. The summed E-state index contributed by atoms with van der Waals surface area (Å²) in [6.45, 7) is 2.10. The van der Waals surface area contributed by atoms with E-state index in [9.17, 15) is 5.11 Å². The van der Waals surface area contributed by atoms with Crippen molar-refractivity contribution in [3.05, 3.63) is 24.3 Å². The van der Waals surface area contributed by atoms with Crippen LogP contribution in [0.5, 0.6) is 5.75 Å². The number of hydrogen-bond acceptors (Lipinski definition) is 2. The fourth-order valence-electron chi connectivity index (χ4n) is 1.61. The van der Waals surface area contributed by atoms with Gasteiger partial charge in [0.2, 0.25) is 0 Å². The van der Waals surface area contributed by atoms with Crippen molar-refractivity contribution in [1.29, 1.82) is 0 Å². The third-order valence-corrected chi connectivity index (χ3v) is 2.24. The second-order valence-corrected chi connectivity index (χ2v) is 3.10. The van der Waals surface area contributed by atoms with Gasteiger partial charge in [0.1, 0.15) is 5.75 Å². The molecule has 0 saturated carbocycles. The quantitative estimate of drug-likeness (QED) is 0.680. The van der Waals surface area contributed by atoms with Gasteiger partial charge in [-0.25, -0.2) is 0 Å². The van der Waals surface area contributed by atoms with E-state index in [1.807, 2.05) is 6.07 Å². The Kier molecular flexibility index (Phi) is 1.90. The number of benzene rings is 1. The molecular weight excluding hydrogens is 150 g/mol. The first-order chi connectivity index (χ1) is 5.88. The van der Waals surface area contributed by atoms with Crippen LogP contribution in [0.2, 0.25) is 0 Å². The average molecular weight is 162 g/mol. The molecule has 1 N–H and O–H groups in total. The van der Waals surface area contributed by atoms with Crippen LogP contribution >= 0.6 is 0 Å². The van der Waals surface area contributed by atoms with E-state index in [0.29, 0.717) is 5.75 Å². The summed E-state index contributed by atoms with van der Waals surface area (Å²) in [7, 11) is 0. The number of phenolic OH excluding ortho intramolecular Hbond substituents is 1. The topological polar surface area (TPSA) is 23.5 Å². The highest BCUT2D eigenvalue weighted by Crippen LogP contribution is 2.28. The molecule has 0 atom stereocenters. The second kappa shape index (κ2) is 3.05. The normalized spacial score (nSPS) is 16.8. The van der Waals surface area contributed by atoms with Gasteiger partial charge in [0.15, 0.2) is 0 Å². The number of aromatic hydroxyl groups is 1. The van der Waals surface area contributed by atoms with Crippen molar-refractivity contribution in [1.82, 2.24) is 0 Å². The molecule has 1 aromatic rings. The van der Waals surface area contributed by atoms with Crippen LogP contribution in [0.1, 0.15) is 12.8 Å². The Labute approximate surface area is 72.4 Å². The lowest BCUT2D eigenvalue weighted by Crippen LogP contribution is -2.17. The predicted octanol–water partition coefficient (Wildman–Crippen LogP) is 1.79. The summed E-state index contributed by atoms with van der Waals surface area (Å²) in [6.07, 6.45) is 2.45. The van der Waals surface area contributed by atoms with Gasteiger partial charge in [0.25, 0.3) is 0 Å². The number of anilines is 1. The van der Waals surface area contributed by atoms with Gasteiger partial charge in [0.05, 0.1) is 5.69 Å². The minimum absolute atomic E-state index is 0.347. The van der Waals surface area contributed by atoms with Gasteiger partial charge in [-0.05, 0) is 18.9 Å². The first kappa shape index (κ1) is 7.47. The third kappa shape index (κ3) is 1.24. The lowest BCUT2D eigenvalue weighted by Gasteiger charge is -2.17. The number of hydrogen-bond donors (Lipinski definition) is 1. The minimum atomic E-state index is 0.347. The second-order valence-electron chi connectivity index (χ2n) is 3.10. The van der Waals surface area contributed by atoms with Crippen LogP contribution in [0.25, 0.3) is 0 Å². The summed E-state index contributed by atoms with van der Waals surface area (Å²) >= 11 is 0. The van der Waals surface area contributed by atoms with Crippen molar-refractivity contribution in [3.8, 4) is 5.75 Å². The maximum atomic E-state index is 9.50. The third-order valence-electron chi connectivity index (χ3n) is 2.24. The predicted molar refractivity (Wildman–Crippen MR) is 48.4 cm³/mol. The Morgan fingerprint density at radius 1 is 1.33 bits per heavy atom. The zero-order valence-electron chi connectivity index (χ0n) is 6.95. The van der Waals surface area contributed by atoms with E-state index < -0.39 is 0 Å². The fraction of sp³-hybridized carbons (Fsp3) is 0.400. The van der Waals surface area contributed by atoms with Crippen molar-refractivity contribution in [2.45, 2.75) is 12.8 Å². The molecule has 2 heteroatoms. The Morgan fingerprint density at radius 2 is 2.08 bits per heavy atom. The molecule has 1 aliphatic rings. The smallest absolute Gasteiger partial charge is 0.139 e. The maximum Gasteiger partial charge on any atom is 0.139 e. The summed E-state index contributed by atoms with van der Waals surface area (Å²) in [5.41, 5.74) is 0.856. The molecule has 2 rings (SSSR count). The van der Waals surface area contributed by atoms with Gasteiger partial charge in [-0.3, -0.25) is 0 Å². The number of rotatable bonds is 1. The molecular formula is C10H12NO. The van der Waals surface area contributed by atoms with E-state index in [2.05, 4.69) is 11.0 Å². The van der Waals surface area contributed by atoms with Crippen LogP contribution in [0, 0.1) is 6.07 Å². The van der Waals surface area contributed by atoms with Crippen LogP contribution in [0.4, 0.5) is 5.69 Å². The zero-order chi connectivity index (χ0) is 8.39. The summed E-state index contributed by atoms with van der Waals surface area (Å²) in [4.78, 5) is 2.18. The standard InChI is InChI=1S/C10H12NO/c12-10-6-2-1-5-9(10)11-7-3-4-8-11/h1-2,6,12H,3-4,7-8H2. The molecule has 0 aliphatic carbocycles. The molecule has 0 bridgehead atoms. The summed E-state index contributed by atoms with van der Waals surface area (Å²) in [5.74, 6) is 0.347. The Morgan fingerprint density at radius 3 is 2.75 bits per heavy atom. The largest absolute Gasteiger partial charge is 0.506 e.